The summed E-state index contributed by atoms with van der Waals surface area (Å²) in [7, 11) is 1.63. The second-order valence-electron chi connectivity index (χ2n) is 5.31. The van der Waals surface area contributed by atoms with E-state index in [9.17, 15) is 4.79 Å². The quantitative estimate of drug-likeness (QED) is 0.883. The Kier molecular flexibility index (Phi) is 5.35. The molecule has 0 bridgehead atoms. The Bertz CT molecular complexity index is 831. The first-order chi connectivity index (χ1) is 12.2. The van der Waals surface area contributed by atoms with Crippen LogP contribution in [-0.2, 0) is 4.79 Å². The van der Waals surface area contributed by atoms with Gasteiger partial charge in [-0.2, -0.15) is 5.10 Å². The first-order valence-corrected chi connectivity index (χ1v) is 8.69. The molecular weight excluding hydrogens is 336 g/mol. The molecule has 1 amide bonds. The Hall–Kier alpha value is -2.80. The topological polar surface area (TPSA) is 75.1 Å². The second kappa shape index (κ2) is 7.85. The number of nitrogens with one attached hydrogen (secondary N) is 2. The van der Waals surface area contributed by atoms with Crippen molar-refractivity contribution in [2.24, 2.45) is 10.1 Å². The van der Waals surface area contributed by atoms with Gasteiger partial charge in [0.25, 0.3) is 0 Å². The number of hydrogen-bond donors (Lipinski definition) is 2. The smallest absolute Gasteiger partial charge is 0.221 e. The number of nitrogens with zero attached hydrogens (tertiary/aromatic N) is 2. The summed E-state index contributed by atoms with van der Waals surface area (Å²) in [5.41, 5.74) is 6.46. The highest BCUT2D eigenvalue weighted by atomic mass is 32.2. The van der Waals surface area contributed by atoms with E-state index < -0.39 is 0 Å². The molecule has 128 valence electrons. The summed E-state index contributed by atoms with van der Waals surface area (Å²) in [6, 6.07) is 15.2. The third-order valence-electron chi connectivity index (χ3n) is 3.48. The van der Waals surface area contributed by atoms with E-state index in [0.29, 0.717) is 5.75 Å². The first-order valence-electron chi connectivity index (χ1n) is 7.71. The number of thioether (sulfide) groups is 1. The lowest BCUT2D eigenvalue weighted by atomic mass is 10.1. The van der Waals surface area contributed by atoms with Gasteiger partial charge in [0.1, 0.15) is 11.4 Å². The summed E-state index contributed by atoms with van der Waals surface area (Å²) in [6.07, 6.45) is 0. The van der Waals surface area contributed by atoms with Gasteiger partial charge in [-0.05, 0) is 29.8 Å². The number of amidine groups is 1. The zero-order chi connectivity index (χ0) is 17.6. The van der Waals surface area contributed by atoms with Gasteiger partial charge in [-0.3, -0.25) is 10.2 Å². The molecule has 0 spiro atoms. The summed E-state index contributed by atoms with van der Waals surface area (Å²) >= 11 is 1.58. The van der Waals surface area contributed by atoms with Gasteiger partial charge >= 0.3 is 0 Å². The van der Waals surface area contributed by atoms with E-state index in [4.69, 9.17) is 4.74 Å². The summed E-state index contributed by atoms with van der Waals surface area (Å²) in [4.78, 5) is 15.6. The molecule has 0 aliphatic carbocycles. The van der Waals surface area contributed by atoms with Crippen LogP contribution < -0.4 is 15.5 Å². The van der Waals surface area contributed by atoms with Crippen LogP contribution in [-0.4, -0.2) is 29.6 Å². The largest absolute Gasteiger partial charge is 0.494 e. The van der Waals surface area contributed by atoms with Gasteiger partial charge in [-0.1, -0.05) is 36.0 Å². The van der Waals surface area contributed by atoms with E-state index in [1.54, 1.807) is 18.9 Å². The summed E-state index contributed by atoms with van der Waals surface area (Å²) in [6.45, 7) is 1.49. The molecule has 2 aromatic carbocycles. The fourth-order valence-corrected chi connectivity index (χ4v) is 3.08. The number of amides is 1. The zero-order valence-electron chi connectivity index (χ0n) is 13.9. The van der Waals surface area contributed by atoms with Crippen molar-refractivity contribution in [2.75, 3.05) is 18.2 Å². The molecule has 3 rings (SSSR count). The number of methoxy groups -OCH3 is 1. The van der Waals surface area contributed by atoms with Crippen molar-refractivity contribution in [2.45, 2.75) is 6.92 Å². The fraction of sp³-hybridized carbons (Fsp3) is 0.167. The van der Waals surface area contributed by atoms with Gasteiger partial charge in [-0.15, -0.1) is 0 Å². The SMILES string of the molecule is COc1ccccc1N=C1NN=C(c2ccc(NC(C)=O)cc2)CS1. The second-order valence-corrected chi connectivity index (χ2v) is 6.27. The van der Waals surface area contributed by atoms with Crippen molar-refractivity contribution in [3.8, 4) is 5.75 Å². The van der Waals surface area contributed by atoms with E-state index >= 15 is 0 Å². The summed E-state index contributed by atoms with van der Waals surface area (Å²) < 4.78 is 5.31. The van der Waals surface area contributed by atoms with E-state index in [2.05, 4.69) is 20.8 Å². The molecule has 25 heavy (non-hydrogen) atoms. The van der Waals surface area contributed by atoms with Crippen LogP contribution in [0.2, 0.25) is 0 Å². The zero-order valence-corrected chi connectivity index (χ0v) is 14.8. The maximum Gasteiger partial charge on any atom is 0.221 e. The highest BCUT2D eigenvalue weighted by Crippen LogP contribution is 2.28. The molecular formula is C18H18N4O2S. The molecule has 0 unspecified atom stereocenters. The van der Waals surface area contributed by atoms with Crippen molar-refractivity contribution in [3.05, 3.63) is 54.1 Å². The van der Waals surface area contributed by atoms with Crippen LogP contribution >= 0.6 is 11.8 Å². The highest BCUT2D eigenvalue weighted by Gasteiger charge is 2.14. The number of hydrazone groups is 1. The third-order valence-corrected chi connectivity index (χ3v) is 4.35. The van der Waals surface area contributed by atoms with Gasteiger partial charge in [0, 0.05) is 18.4 Å². The van der Waals surface area contributed by atoms with Crippen molar-refractivity contribution < 1.29 is 9.53 Å². The number of benzene rings is 2. The third kappa shape index (κ3) is 4.39. The summed E-state index contributed by atoms with van der Waals surface area (Å²) in [5, 5.41) is 7.88. The average molecular weight is 354 g/mol. The van der Waals surface area contributed by atoms with Gasteiger partial charge < -0.3 is 10.1 Å². The number of para-hydroxylation sites is 2. The lowest BCUT2D eigenvalue weighted by Crippen LogP contribution is -2.25. The van der Waals surface area contributed by atoms with Gasteiger partial charge in [0.05, 0.1) is 12.8 Å². The Morgan fingerprint density at radius 3 is 2.64 bits per heavy atom. The summed E-state index contributed by atoms with van der Waals surface area (Å²) in [5.74, 6) is 1.35. The molecule has 0 atom stereocenters. The lowest BCUT2D eigenvalue weighted by Gasteiger charge is -2.15. The van der Waals surface area contributed by atoms with Crippen LogP contribution in [0.5, 0.6) is 5.75 Å². The van der Waals surface area contributed by atoms with Crippen LogP contribution in [0.4, 0.5) is 11.4 Å². The minimum absolute atomic E-state index is 0.0860. The van der Waals surface area contributed by atoms with E-state index in [-0.39, 0.29) is 5.91 Å². The number of hydrogen-bond acceptors (Lipinski definition) is 5. The molecule has 2 aromatic rings. The normalized spacial score (nSPS) is 15.3. The van der Waals surface area contributed by atoms with Crippen LogP contribution in [0.3, 0.4) is 0 Å². The van der Waals surface area contributed by atoms with Gasteiger partial charge in [-0.25, -0.2) is 4.99 Å². The van der Waals surface area contributed by atoms with E-state index in [1.807, 2.05) is 48.5 Å². The van der Waals surface area contributed by atoms with E-state index in [0.717, 1.165) is 33.6 Å². The monoisotopic (exact) mass is 354 g/mol. The Morgan fingerprint density at radius 1 is 1.24 bits per heavy atom. The first kappa shape index (κ1) is 17.0. The minimum atomic E-state index is -0.0860. The average Bonchev–Trinajstić information content (AvgIpc) is 2.63. The van der Waals surface area contributed by atoms with Gasteiger partial charge in [0.2, 0.25) is 5.91 Å². The minimum Gasteiger partial charge on any atom is -0.494 e. The molecule has 0 saturated carbocycles. The number of carbonyl (C=O) groups excluding carboxylic acids is 1. The predicted octanol–water partition coefficient (Wildman–Crippen LogP) is 3.38. The van der Waals surface area contributed by atoms with E-state index in [1.165, 1.54) is 6.92 Å². The van der Waals surface area contributed by atoms with Crippen LogP contribution in [0, 0.1) is 0 Å². The van der Waals surface area contributed by atoms with Gasteiger partial charge in [0.15, 0.2) is 5.17 Å². The van der Waals surface area contributed by atoms with Crippen LogP contribution in [0.1, 0.15) is 12.5 Å². The molecule has 0 fully saturated rings. The molecule has 0 radical (unpaired) electrons. The Balaban J connectivity index is 1.72. The number of aliphatic imine (C=N–C) groups is 1. The molecule has 6 nitrogen and oxygen atoms in total. The highest BCUT2D eigenvalue weighted by molar-refractivity contribution is 8.14. The molecule has 0 saturated heterocycles. The lowest BCUT2D eigenvalue weighted by molar-refractivity contribution is -0.114. The number of rotatable bonds is 4. The Labute approximate surface area is 150 Å². The van der Waals surface area contributed by atoms with Crippen LogP contribution in [0.15, 0.2) is 58.6 Å². The predicted molar refractivity (Wildman–Crippen MR) is 103 cm³/mol. The van der Waals surface area contributed by atoms with Crippen molar-refractivity contribution in [1.82, 2.24) is 5.43 Å². The molecule has 7 heteroatoms. The Morgan fingerprint density at radius 2 is 2.00 bits per heavy atom. The standard InChI is InChI=1S/C18H18N4O2S/c1-12(23)19-14-9-7-13(8-10-14)16-11-25-18(22-21-16)20-15-5-3-4-6-17(15)24-2/h3-10H,11H2,1-2H3,(H,19,23)(H,20,22). The number of ether oxygens (including phenoxy) is 1. The van der Waals surface area contributed by atoms with Crippen molar-refractivity contribution >= 4 is 39.9 Å². The number of carbonyl (C=O) groups is 1. The maximum atomic E-state index is 11.1. The molecule has 1 heterocycles. The molecule has 0 aromatic heterocycles. The van der Waals surface area contributed by atoms with Crippen molar-refractivity contribution in [1.29, 1.82) is 0 Å². The van der Waals surface area contributed by atoms with Crippen LogP contribution in [0.25, 0.3) is 0 Å². The number of anilines is 1. The molecule has 1 aliphatic rings. The molecule has 2 N–H and O–H groups in total. The molecule has 1 aliphatic heterocycles. The fourth-order valence-electron chi connectivity index (χ4n) is 2.30. The maximum absolute atomic E-state index is 11.1. The van der Waals surface area contributed by atoms with Crippen molar-refractivity contribution in [3.63, 3.8) is 0 Å².